The van der Waals surface area contributed by atoms with Crippen LogP contribution >= 0.6 is 0 Å². The molecule has 0 radical (unpaired) electrons. The molecule has 0 aliphatic carbocycles. The number of furan rings is 1. The fourth-order valence-electron chi connectivity index (χ4n) is 4.17. The van der Waals surface area contributed by atoms with Gasteiger partial charge < -0.3 is 4.42 Å². The van der Waals surface area contributed by atoms with Crippen LogP contribution in [0.2, 0.25) is 0 Å². The van der Waals surface area contributed by atoms with Crippen LogP contribution in [0.15, 0.2) is 77.3 Å². The first kappa shape index (κ1) is 13.8. The normalized spacial score (nSPS) is 15.3. The van der Waals surface area contributed by atoms with Gasteiger partial charge in [-0.15, -0.1) is 0 Å². The molecule has 0 fully saturated rings. The van der Waals surface area contributed by atoms with Crippen LogP contribution in [0, 0.1) is 19.6 Å². The zero-order chi connectivity index (χ0) is 26.5. The lowest BCUT2D eigenvalue weighted by Crippen LogP contribution is -1.95. The van der Waals surface area contributed by atoms with Crippen molar-refractivity contribution in [2.24, 2.45) is 5.92 Å². The van der Waals surface area contributed by atoms with E-state index >= 15 is 0 Å². The number of pyridine rings is 1. The Labute approximate surface area is 192 Å². The van der Waals surface area contributed by atoms with Crippen molar-refractivity contribution in [1.82, 2.24) is 4.98 Å². The van der Waals surface area contributed by atoms with Crippen molar-refractivity contribution in [3.63, 3.8) is 0 Å². The maximum atomic E-state index is 8.34. The molecular weight excluding hydrogens is 378 g/mol. The molecule has 0 atom stereocenters. The summed E-state index contributed by atoms with van der Waals surface area (Å²) in [4.78, 5) is 4.58. The number of para-hydroxylation sites is 1. The summed E-state index contributed by atoms with van der Waals surface area (Å²) in [5.74, 6) is 0.506. The van der Waals surface area contributed by atoms with Crippen molar-refractivity contribution >= 4 is 21.9 Å². The molecule has 0 N–H and O–H groups in total. The monoisotopic (exact) mass is 411 g/mol. The zero-order valence-electron chi connectivity index (χ0n) is 23.6. The fourth-order valence-corrected chi connectivity index (χ4v) is 4.17. The minimum atomic E-state index is -2.46. The van der Waals surface area contributed by atoms with Gasteiger partial charge in [-0.05, 0) is 67.0 Å². The van der Waals surface area contributed by atoms with Crippen molar-refractivity contribution in [2.45, 2.75) is 34.0 Å². The highest BCUT2D eigenvalue weighted by atomic mass is 16.3. The number of nitrogens with zero attached hydrogens (tertiary/aromatic N) is 1. The van der Waals surface area contributed by atoms with Crippen LogP contribution < -0.4 is 0 Å². The van der Waals surface area contributed by atoms with Gasteiger partial charge in [0.25, 0.3) is 0 Å². The maximum absolute atomic E-state index is 8.34. The van der Waals surface area contributed by atoms with Crippen LogP contribution in [0.5, 0.6) is 0 Å². The molecule has 31 heavy (non-hydrogen) atoms. The van der Waals surface area contributed by atoms with Crippen LogP contribution in [0.1, 0.15) is 38.8 Å². The second-order valence-electron chi connectivity index (χ2n) is 8.37. The van der Waals surface area contributed by atoms with Gasteiger partial charge in [0.2, 0.25) is 0 Å². The summed E-state index contributed by atoms with van der Waals surface area (Å²) < 4.78 is 54.3. The first-order valence-corrected chi connectivity index (χ1v) is 10.5. The Morgan fingerprint density at radius 2 is 1.71 bits per heavy atom. The van der Waals surface area contributed by atoms with Crippen molar-refractivity contribution < 1.29 is 12.6 Å². The second-order valence-corrected chi connectivity index (χ2v) is 8.37. The average molecular weight is 412 g/mol. The molecular formula is C29H27NO. The smallest absolute Gasteiger partial charge is 0.144 e. The van der Waals surface area contributed by atoms with E-state index in [0.29, 0.717) is 33.6 Å². The third kappa shape index (κ3) is 3.53. The van der Waals surface area contributed by atoms with E-state index in [9.17, 15) is 0 Å². The molecule has 2 heteroatoms. The molecule has 2 nitrogen and oxygen atoms in total. The summed E-state index contributed by atoms with van der Waals surface area (Å²) in [6.07, 6.45) is 2.72. The highest BCUT2D eigenvalue weighted by Gasteiger charge is 2.16. The second kappa shape index (κ2) is 7.70. The molecule has 0 bridgehead atoms. The summed E-state index contributed by atoms with van der Waals surface area (Å²) in [6, 6.07) is 19.8. The van der Waals surface area contributed by atoms with E-state index in [1.54, 1.807) is 24.4 Å². The van der Waals surface area contributed by atoms with Crippen LogP contribution in [-0.4, -0.2) is 4.98 Å². The number of aryl methyl sites for hydroxylation is 2. The molecule has 0 saturated carbocycles. The molecule has 0 spiro atoms. The summed E-state index contributed by atoms with van der Waals surface area (Å²) >= 11 is 0. The molecule has 0 saturated heterocycles. The Kier molecular flexibility index (Phi) is 3.43. The van der Waals surface area contributed by atoms with Crippen LogP contribution in [-0.2, 0) is 6.42 Å². The van der Waals surface area contributed by atoms with Gasteiger partial charge >= 0.3 is 0 Å². The predicted octanol–water partition coefficient (Wildman–Crippen LogP) is 8.13. The van der Waals surface area contributed by atoms with Gasteiger partial charge in [0, 0.05) is 36.3 Å². The van der Waals surface area contributed by atoms with Crippen LogP contribution in [0.3, 0.4) is 0 Å². The average Bonchev–Trinajstić information content (AvgIpc) is 3.20. The highest BCUT2D eigenvalue weighted by molar-refractivity contribution is 6.11. The molecule has 5 rings (SSSR count). The molecule has 0 aliphatic heterocycles. The molecule has 0 aliphatic rings. The number of rotatable bonds is 4. The highest BCUT2D eigenvalue weighted by Crippen LogP contribution is 2.39. The van der Waals surface area contributed by atoms with Gasteiger partial charge in [0.1, 0.15) is 11.2 Å². The molecule has 3 aromatic carbocycles. The Hall–Kier alpha value is -3.39. The van der Waals surface area contributed by atoms with Gasteiger partial charge in [-0.25, -0.2) is 0 Å². The summed E-state index contributed by atoms with van der Waals surface area (Å²) in [5.41, 5.74) is 5.07. The first-order chi connectivity index (χ1) is 17.4. The lowest BCUT2D eigenvalue weighted by atomic mass is 9.97. The van der Waals surface area contributed by atoms with E-state index in [1.807, 2.05) is 30.3 Å². The number of aromatic nitrogens is 1. The van der Waals surface area contributed by atoms with Crippen molar-refractivity contribution in [3.05, 3.63) is 89.6 Å². The van der Waals surface area contributed by atoms with Crippen LogP contribution in [0.25, 0.3) is 44.3 Å². The van der Waals surface area contributed by atoms with E-state index < -0.39 is 13.7 Å². The van der Waals surface area contributed by atoms with Gasteiger partial charge in [-0.1, -0.05) is 61.9 Å². The zero-order valence-corrected chi connectivity index (χ0v) is 17.6. The minimum absolute atomic E-state index is 0.107. The third-order valence-corrected chi connectivity index (χ3v) is 5.61. The summed E-state index contributed by atoms with van der Waals surface area (Å²) in [5, 5.41) is 1.53. The minimum Gasteiger partial charge on any atom is -0.455 e. The topological polar surface area (TPSA) is 26.0 Å². The summed E-state index contributed by atoms with van der Waals surface area (Å²) in [6.45, 7) is -0.346. The van der Waals surface area contributed by atoms with E-state index in [0.717, 1.165) is 23.1 Å². The first-order valence-electron chi connectivity index (χ1n) is 13.5. The Balaban J connectivity index is 1.73. The van der Waals surface area contributed by atoms with Crippen molar-refractivity contribution in [1.29, 1.82) is 0 Å². The lowest BCUT2D eigenvalue weighted by molar-refractivity contribution is 0.647. The fraction of sp³-hybridized carbons (Fsp3) is 0.207. The number of hydrogen-bond acceptors (Lipinski definition) is 2. The third-order valence-electron chi connectivity index (χ3n) is 5.61. The van der Waals surface area contributed by atoms with Crippen molar-refractivity contribution in [3.8, 4) is 22.4 Å². The van der Waals surface area contributed by atoms with E-state index in [1.165, 1.54) is 17.7 Å². The van der Waals surface area contributed by atoms with Gasteiger partial charge in [0.05, 0.1) is 5.69 Å². The van der Waals surface area contributed by atoms with E-state index in [-0.39, 0.29) is 11.1 Å². The predicted molar refractivity (Wildman–Crippen MR) is 130 cm³/mol. The van der Waals surface area contributed by atoms with Crippen LogP contribution in [0.4, 0.5) is 0 Å². The number of benzene rings is 3. The van der Waals surface area contributed by atoms with Gasteiger partial charge in [-0.2, -0.15) is 0 Å². The quantitative estimate of drug-likeness (QED) is 0.298. The SMILES string of the molecule is [2H]C([2H])([2H])c1ccc(-c2ccc3c(oc4c(-c5cc(CC(C)C)ccn5)cccc43)c2C([2H])([2H])[2H])cc1. The molecule has 5 aromatic rings. The molecule has 154 valence electrons. The molecule has 0 unspecified atom stereocenters. The maximum Gasteiger partial charge on any atom is 0.144 e. The lowest BCUT2D eigenvalue weighted by Gasteiger charge is -2.07. The standard InChI is InChI=1S/C29H27NO/c1-18(2)16-21-14-15-30-27(17-21)26-7-5-6-24-25-13-12-23(20(4)28(25)31-29(24)26)22-10-8-19(3)9-11-22/h5-15,17-18H,16H2,1-4H3/i3D3,4D3. The Morgan fingerprint density at radius 3 is 2.48 bits per heavy atom. The van der Waals surface area contributed by atoms with E-state index in [4.69, 9.17) is 12.6 Å². The molecule has 2 aromatic heterocycles. The Morgan fingerprint density at radius 1 is 0.871 bits per heavy atom. The van der Waals surface area contributed by atoms with E-state index in [2.05, 4.69) is 24.9 Å². The van der Waals surface area contributed by atoms with Gasteiger partial charge in [-0.3, -0.25) is 4.98 Å². The molecule has 0 amide bonds. The largest absolute Gasteiger partial charge is 0.455 e. The summed E-state index contributed by atoms with van der Waals surface area (Å²) in [7, 11) is 0. The van der Waals surface area contributed by atoms with Gasteiger partial charge in [0.15, 0.2) is 0 Å². The number of hydrogen-bond donors (Lipinski definition) is 0. The molecule has 2 heterocycles. The Bertz CT molecular complexity index is 1590. The van der Waals surface area contributed by atoms with Crippen molar-refractivity contribution in [2.75, 3.05) is 0 Å². The number of fused-ring (bicyclic) bond motifs is 3.